The molecule has 6 heteroatoms. The highest BCUT2D eigenvalue weighted by Crippen LogP contribution is 2.35. The van der Waals surface area contributed by atoms with E-state index in [2.05, 4.69) is 31.9 Å². The number of amides is 1. The molecule has 1 saturated heterocycles. The van der Waals surface area contributed by atoms with Gasteiger partial charge in [0, 0.05) is 15.5 Å². The van der Waals surface area contributed by atoms with Crippen LogP contribution in [0.3, 0.4) is 0 Å². The van der Waals surface area contributed by atoms with Crippen LogP contribution in [0.2, 0.25) is 0 Å². The van der Waals surface area contributed by atoms with Gasteiger partial charge in [0.2, 0.25) is 0 Å². The maximum atomic E-state index is 12.5. The van der Waals surface area contributed by atoms with Crippen LogP contribution in [0.1, 0.15) is 45.2 Å². The van der Waals surface area contributed by atoms with Gasteiger partial charge < -0.3 is 14.7 Å². The van der Waals surface area contributed by atoms with E-state index in [1.54, 1.807) is 4.90 Å². The summed E-state index contributed by atoms with van der Waals surface area (Å²) in [6.07, 6.45) is 0.356. The Labute approximate surface area is 148 Å². The van der Waals surface area contributed by atoms with Crippen molar-refractivity contribution in [3.05, 3.63) is 32.7 Å². The summed E-state index contributed by atoms with van der Waals surface area (Å²) in [6, 6.07) is 5.71. The van der Waals surface area contributed by atoms with E-state index in [1.165, 1.54) is 0 Å². The molecule has 0 aliphatic carbocycles. The second-order valence-electron chi connectivity index (χ2n) is 6.57. The fraction of sp³-hybridized carbons (Fsp3) is 0.562. The quantitative estimate of drug-likeness (QED) is 0.700. The lowest BCUT2D eigenvalue weighted by atomic mass is 9.94. The van der Waals surface area contributed by atoms with Crippen LogP contribution < -0.4 is 0 Å². The number of hydrogen-bond donors (Lipinski definition) is 1. The molecule has 2 rings (SSSR count). The second-order valence-corrected chi connectivity index (χ2v) is 8.40. The maximum absolute atomic E-state index is 12.5. The van der Waals surface area contributed by atoms with Gasteiger partial charge in [-0.1, -0.05) is 31.9 Å². The summed E-state index contributed by atoms with van der Waals surface area (Å²) in [5.74, 6) is 0. The van der Waals surface area contributed by atoms with Crippen LogP contribution in [-0.4, -0.2) is 34.3 Å². The summed E-state index contributed by atoms with van der Waals surface area (Å²) in [6.45, 7) is 6.06. The zero-order valence-corrected chi connectivity index (χ0v) is 16.1. The molecule has 1 aliphatic heterocycles. The Morgan fingerprint density at radius 2 is 1.86 bits per heavy atom. The van der Waals surface area contributed by atoms with E-state index >= 15 is 0 Å². The Bertz CT molecular complexity index is 537. The zero-order chi connectivity index (χ0) is 16.5. The molecule has 2 unspecified atom stereocenters. The lowest BCUT2D eigenvalue weighted by Gasteiger charge is -2.39. The average molecular weight is 435 g/mol. The number of hydrogen-bond acceptors (Lipinski definition) is 3. The molecule has 1 aliphatic rings. The number of carbonyl (C=O) groups is 1. The number of aliphatic hydroxyl groups excluding tert-OH is 1. The highest BCUT2D eigenvalue weighted by molar-refractivity contribution is 9.11. The van der Waals surface area contributed by atoms with E-state index in [9.17, 15) is 9.90 Å². The summed E-state index contributed by atoms with van der Waals surface area (Å²) in [7, 11) is 0. The van der Waals surface area contributed by atoms with Crippen LogP contribution in [0.15, 0.2) is 27.1 Å². The summed E-state index contributed by atoms with van der Waals surface area (Å²) in [5, 5.41) is 10.0. The van der Waals surface area contributed by atoms with Gasteiger partial charge >= 0.3 is 6.09 Å². The lowest BCUT2D eigenvalue weighted by Crippen LogP contribution is -2.45. The predicted molar refractivity (Wildman–Crippen MR) is 92.8 cm³/mol. The Morgan fingerprint density at radius 3 is 2.41 bits per heavy atom. The smallest absolute Gasteiger partial charge is 0.410 e. The molecule has 1 aromatic carbocycles. The number of aliphatic hydroxyl groups is 1. The van der Waals surface area contributed by atoms with Crippen molar-refractivity contribution < 1.29 is 14.6 Å². The van der Waals surface area contributed by atoms with Crippen LogP contribution >= 0.6 is 31.9 Å². The maximum Gasteiger partial charge on any atom is 0.410 e. The van der Waals surface area contributed by atoms with Crippen molar-refractivity contribution in [1.82, 2.24) is 4.90 Å². The van der Waals surface area contributed by atoms with E-state index in [4.69, 9.17) is 4.74 Å². The Morgan fingerprint density at radius 1 is 1.27 bits per heavy atom. The second kappa shape index (κ2) is 6.89. The van der Waals surface area contributed by atoms with Crippen molar-refractivity contribution in [2.75, 3.05) is 6.54 Å². The first-order valence-electron chi connectivity index (χ1n) is 7.29. The number of likely N-dealkylation sites (tertiary alicyclic amines) is 1. The first kappa shape index (κ1) is 17.8. The highest BCUT2D eigenvalue weighted by Gasteiger charge is 2.34. The predicted octanol–water partition coefficient (Wildman–Crippen LogP) is 4.64. The molecule has 0 saturated carbocycles. The summed E-state index contributed by atoms with van der Waals surface area (Å²) < 4.78 is 7.37. The molecule has 1 fully saturated rings. The summed E-state index contributed by atoms with van der Waals surface area (Å²) >= 11 is 6.95. The molecule has 1 N–H and O–H groups in total. The minimum atomic E-state index is -0.532. The molecule has 2 atom stereocenters. The third-order valence-corrected chi connectivity index (χ3v) is 4.39. The average Bonchev–Trinajstić information content (AvgIpc) is 2.35. The van der Waals surface area contributed by atoms with Crippen LogP contribution in [-0.2, 0) is 4.74 Å². The van der Waals surface area contributed by atoms with Crippen molar-refractivity contribution in [3.63, 3.8) is 0 Å². The topological polar surface area (TPSA) is 49.8 Å². The van der Waals surface area contributed by atoms with Gasteiger partial charge in [-0.05, 0) is 57.4 Å². The minimum Gasteiger partial charge on any atom is -0.444 e. The highest BCUT2D eigenvalue weighted by atomic mass is 79.9. The number of piperidine rings is 1. The minimum absolute atomic E-state index is 0.188. The standard InChI is InChI=1S/C16H21Br2NO3/c1-16(2,3)22-15(21)19-5-4-13(20)9-14(19)10-6-11(17)8-12(18)7-10/h6-8,13-14,20H,4-5,9H2,1-3H3. The zero-order valence-electron chi connectivity index (χ0n) is 13.0. The summed E-state index contributed by atoms with van der Waals surface area (Å²) in [5.41, 5.74) is 0.445. The van der Waals surface area contributed by atoms with E-state index in [0.29, 0.717) is 19.4 Å². The molecular formula is C16H21Br2NO3. The van der Waals surface area contributed by atoms with Gasteiger partial charge in [0.05, 0.1) is 12.1 Å². The van der Waals surface area contributed by atoms with Gasteiger partial charge in [-0.2, -0.15) is 0 Å². The first-order valence-corrected chi connectivity index (χ1v) is 8.88. The number of nitrogens with zero attached hydrogens (tertiary/aromatic N) is 1. The van der Waals surface area contributed by atoms with E-state index in [1.807, 2.05) is 39.0 Å². The van der Waals surface area contributed by atoms with Crippen molar-refractivity contribution in [1.29, 1.82) is 0 Å². The van der Waals surface area contributed by atoms with Gasteiger partial charge in [0.1, 0.15) is 5.60 Å². The van der Waals surface area contributed by atoms with Gasteiger partial charge in [0.15, 0.2) is 0 Å². The molecule has 0 radical (unpaired) electrons. The first-order chi connectivity index (χ1) is 10.2. The SMILES string of the molecule is CC(C)(C)OC(=O)N1CCC(O)CC1c1cc(Br)cc(Br)c1. The number of benzene rings is 1. The Hall–Kier alpha value is -0.590. The molecule has 1 heterocycles. The third-order valence-electron chi connectivity index (χ3n) is 3.47. The molecule has 0 bridgehead atoms. The van der Waals surface area contributed by atoms with Gasteiger partial charge in [0.25, 0.3) is 0 Å². The Balaban J connectivity index is 2.29. The fourth-order valence-electron chi connectivity index (χ4n) is 2.57. The monoisotopic (exact) mass is 433 g/mol. The molecule has 0 spiro atoms. The van der Waals surface area contributed by atoms with Crippen molar-refractivity contribution >= 4 is 38.0 Å². The number of rotatable bonds is 1. The van der Waals surface area contributed by atoms with Gasteiger partial charge in [-0.25, -0.2) is 4.79 Å². The molecule has 0 aromatic heterocycles. The molecule has 1 aromatic rings. The molecule has 22 heavy (non-hydrogen) atoms. The van der Waals surface area contributed by atoms with Crippen LogP contribution in [0.25, 0.3) is 0 Å². The van der Waals surface area contributed by atoms with Crippen LogP contribution in [0.5, 0.6) is 0 Å². The van der Waals surface area contributed by atoms with Crippen molar-refractivity contribution in [2.24, 2.45) is 0 Å². The van der Waals surface area contributed by atoms with E-state index in [-0.39, 0.29) is 12.1 Å². The van der Waals surface area contributed by atoms with Crippen molar-refractivity contribution in [3.8, 4) is 0 Å². The molecular weight excluding hydrogens is 414 g/mol. The number of ether oxygens (including phenoxy) is 1. The molecule has 122 valence electrons. The van der Waals surface area contributed by atoms with Gasteiger partial charge in [-0.3, -0.25) is 0 Å². The largest absolute Gasteiger partial charge is 0.444 e. The van der Waals surface area contributed by atoms with Crippen LogP contribution in [0, 0.1) is 0 Å². The van der Waals surface area contributed by atoms with Gasteiger partial charge in [-0.15, -0.1) is 0 Å². The summed E-state index contributed by atoms with van der Waals surface area (Å²) in [4.78, 5) is 14.2. The lowest BCUT2D eigenvalue weighted by molar-refractivity contribution is -0.00844. The van der Waals surface area contributed by atoms with E-state index < -0.39 is 11.7 Å². The fourth-order valence-corrected chi connectivity index (χ4v) is 3.90. The van der Waals surface area contributed by atoms with E-state index in [0.717, 1.165) is 14.5 Å². The Kier molecular flexibility index (Phi) is 5.56. The molecule has 1 amide bonds. The van der Waals surface area contributed by atoms with Crippen molar-refractivity contribution in [2.45, 2.75) is 51.4 Å². The number of carbonyl (C=O) groups excluding carboxylic acids is 1. The van der Waals surface area contributed by atoms with Crippen LogP contribution in [0.4, 0.5) is 4.79 Å². The molecule has 4 nitrogen and oxygen atoms in total. The normalized spacial score (nSPS) is 22.5. The third kappa shape index (κ3) is 4.70. The number of halogens is 2.